The molecule has 1 amide bonds. The van der Waals surface area contributed by atoms with Crippen molar-refractivity contribution in [2.75, 3.05) is 14.2 Å². The minimum atomic E-state index is -0.319. The van der Waals surface area contributed by atoms with Crippen LogP contribution in [0.2, 0.25) is 0 Å². The number of ether oxygens (including phenoxy) is 2. The van der Waals surface area contributed by atoms with Gasteiger partial charge in [-0.3, -0.25) is 14.3 Å². The summed E-state index contributed by atoms with van der Waals surface area (Å²) in [5.74, 6) is 2.08. The molecule has 3 atom stereocenters. The van der Waals surface area contributed by atoms with E-state index in [2.05, 4.69) is 24.1 Å². The normalized spacial score (nSPS) is 21.4. The van der Waals surface area contributed by atoms with E-state index in [4.69, 9.17) is 9.47 Å². The minimum absolute atomic E-state index is 0.0577. The van der Waals surface area contributed by atoms with Crippen LogP contribution in [-0.4, -0.2) is 40.3 Å². The molecular weight excluding hydrogens is 396 g/mol. The summed E-state index contributed by atoms with van der Waals surface area (Å²) in [5.41, 5.74) is 1.63. The number of aryl methyl sites for hydroxylation is 1. The van der Waals surface area contributed by atoms with Crippen LogP contribution in [0.3, 0.4) is 0 Å². The lowest BCUT2D eigenvalue weighted by molar-refractivity contribution is -0.123. The van der Waals surface area contributed by atoms with Crippen LogP contribution >= 0.6 is 0 Å². The summed E-state index contributed by atoms with van der Waals surface area (Å²) in [6.07, 6.45) is 3.34. The molecule has 1 aromatic carbocycles. The van der Waals surface area contributed by atoms with Gasteiger partial charge < -0.3 is 14.8 Å². The summed E-state index contributed by atoms with van der Waals surface area (Å²) in [4.78, 5) is 29.4. The van der Waals surface area contributed by atoms with Crippen molar-refractivity contribution in [3.63, 3.8) is 0 Å². The lowest BCUT2D eigenvalue weighted by atomic mass is 9.78. The van der Waals surface area contributed by atoms with Crippen molar-refractivity contribution in [2.45, 2.75) is 52.6 Å². The standard InChI is InChI=1S/C23H30N4O4/c1-13-7-6-8-17(15(13)3)24-22(29)12-26-18-11-20(31-5)19(30-4)10-16(18)23-25-21(28)9-14(2)27(23)26/h9-11,13,15,17H,6-8,12H2,1-5H3,(H,24,29)/t13-,15-,17-/m1/s1. The van der Waals surface area contributed by atoms with Crippen LogP contribution in [0.15, 0.2) is 23.0 Å². The average Bonchev–Trinajstić information content (AvgIpc) is 3.03. The number of methoxy groups -OCH3 is 2. The Balaban J connectivity index is 1.80. The first kappa shape index (κ1) is 21.2. The fourth-order valence-electron chi connectivity index (χ4n) is 4.77. The molecule has 1 N–H and O–H groups in total. The Morgan fingerprint density at radius 3 is 2.58 bits per heavy atom. The SMILES string of the molecule is COc1cc2c(cc1OC)n(CC(=O)N[C@@H]1CCC[C@@H](C)[C@H]1C)n1c(C)cc(=O)nc21. The van der Waals surface area contributed by atoms with Gasteiger partial charge in [-0.2, -0.15) is 4.98 Å². The van der Waals surface area contributed by atoms with E-state index in [1.807, 2.05) is 22.2 Å². The Labute approximate surface area is 181 Å². The van der Waals surface area contributed by atoms with E-state index < -0.39 is 0 Å². The number of carbonyl (C=O) groups excluding carboxylic acids is 1. The third-order valence-electron chi connectivity index (χ3n) is 6.69. The Bertz CT molecular complexity index is 1200. The molecule has 0 saturated heterocycles. The van der Waals surface area contributed by atoms with E-state index in [-0.39, 0.29) is 24.1 Å². The van der Waals surface area contributed by atoms with E-state index in [0.29, 0.717) is 34.7 Å². The van der Waals surface area contributed by atoms with Crippen LogP contribution < -0.4 is 20.3 Å². The molecule has 1 fully saturated rings. The van der Waals surface area contributed by atoms with Gasteiger partial charge in [0.05, 0.1) is 19.7 Å². The van der Waals surface area contributed by atoms with Gasteiger partial charge in [0.15, 0.2) is 17.1 Å². The summed E-state index contributed by atoms with van der Waals surface area (Å²) >= 11 is 0. The van der Waals surface area contributed by atoms with Crippen molar-refractivity contribution < 1.29 is 14.3 Å². The van der Waals surface area contributed by atoms with Crippen LogP contribution in [0.5, 0.6) is 11.5 Å². The molecule has 1 saturated carbocycles. The Morgan fingerprint density at radius 1 is 1.16 bits per heavy atom. The largest absolute Gasteiger partial charge is 0.493 e. The first-order chi connectivity index (χ1) is 14.8. The third-order valence-corrected chi connectivity index (χ3v) is 6.69. The van der Waals surface area contributed by atoms with Gasteiger partial charge in [-0.05, 0) is 31.2 Å². The number of carbonyl (C=O) groups is 1. The summed E-state index contributed by atoms with van der Waals surface area (Å²) in [6.45, 7) is 6.41. The monoisotopic (exact) mass is 426 g/mol. The van der Waals surface area contributed by atoms with Crippen LogP contribution in [0.25, 0.3) is 16.6 Å². The number of hydrogen-bond donors (Lipinski definition) is 1. The van der Waals surface area contributed by atoms with Gasteiger partial charge in [-0.1, -0.05) is 26.7 Å². The van der Waals surface area contributed by atoms with Gasteiger partial charge in [0.2, 0.25) is 5.91 Å². The predicted octanol–water partition coefficient (Wildman–Crippen LogP) is 2.92. The van der Waals surface area contributed by atoms with Crippen molar-refractivity contribution in [2.24, 2.45) is 11.8 Å². The van der Waals surface area contributed by atoms with E-state index in [9.17, 15) is 9.59 Å². The fourth-order valence-corrected chi connectivity index (χ4v) is 4.77. The molecule has 8 heteroatoms. The maximum absolute atomic E-state index is 13.1. The molecule has 8 nitrogen and oxygen atoms in total. The maximum Gasteiger partial charge on any atom is 0.273 e. The first-order valence-corrected chi connectivity index (χ1v) is 10.8. The van der Waals surface area contributed by atoms with Gasteiger partial charge in [-0.15, -0.1) is 0 Å². The second kappa shape index (κ2) is 8.24. The number of nitrogens with zero attached hydrogens (tertiary/aromatic N) is 3. The second-order valence-electron chi connectivity index (χ2n) is 8.59. The fraction of sp³-hybridized carbons (Fsp3) is 0.522. The van der Waals surface area contributed by atoms with E-state index in [0.717, 1.165) is 23.7 Å². The molecule has 166 valence electrons. The molecular formula is C23H30N4O4. The van der Waals surface area contributed by atoms with Gasteiger partial charge >= 0.3 is 0 Å². The highest BCUT2D eigenvalue weighted by Crippen LogP contribution is 2.35. The van der Waals surface area contributed by atoms with Crippen molar-refractivity contribution in [1.82, 2.24) is 19.5 Å². The maximum atomic E-state index is 13.1. The van der Waals surface area contributed by atoms with Crippen LogP contribution in [-0.2, 0) is 11.3 Å². The highest BCUT2D eigenvalue weighted by molar-refractivity contribution is 5.96. The predicted molar refractivity (Wildman–Crippen MR) is 119 cm³/mol. The molecule has 1 aliphatic rings. The zero-order chi connectivity index (χ0) is 22.3. The zero-order valence-corrected chi connectivity index (χ0v) is 18.8. The molecule has 2 heterocycles. The Hall–Kier alpha value is -3.03. The highest BCUT2D eigenvalue weighted by atomic mass is 16.5. The molecule has 3 aromatic rings. The van der Waals surface area contributed by atoms with Crippen LogP contribution in [0.4, 0.5) is 0 Å². The topological polar surface area (TPSA) is 86.9 Å². The van der Waals surface area contributed by atoms with Crippen molar-refractivity contribution >= 4 is 22.5 Å². The number of amides is 1. The number of rotatable bonds is 5. The molecule has 0 aliphatic heterocycles. The average molecular weight is 427 g/mol. The molecule has 0 spiro atoms. The minimum Gasteiger partial charge on any atom is -0.493 e. The van der Waals surface area contributed by atoms with Gasteiger partial charge in [0, 0.05) is 29.3 Å². The van der Waals surface area contributed by atoms with Crippen molar-refractivity contribution in [3.05, 3.63) is 34.2 Å². The highest BCUT2D eigenvalue weighted by Gasteiger charge is 2.28. The molecule has 0 unspecified atom stereocenters. The first-order valence-electron chi connectivity index (χ1n) is 10.8. The Morgan fingerprint density at radius 2 is 1.87 bits per heavy atom. The lowest BCUT2D eigenvalue weighted by Crippen LogP contribution is -2.45. The van der Waals surface area contributed by atoms with Crippen LogP contribution in [0.1, 0.15) is 38.8 Å². The molecule has 1 aliphatic carbocycles. The summed E-state index contributed by atoms with van der Waals surface area (Å²) in [7, 11) is 3.13. The zero-order valence-electron chi connectivity index (χ0n) is 18.8. The summed E-state index contributed by atoms with van der Waals surface area (Å²) in [6, 6.07) is 5.27. The van der Waals surface area contributed by atoms with Gasteiger partial charge in [0.25, 0.3) is 5.56 Å². The smallest absolute Gasteiger partial charge is 0.273 e. The van der Waals surface area contributed by atoms with E-state index >= 15 is 0 Å². The number of hydrogen-bond acceptors (Lipinski definition) is 5. The molecule has 0 bridgehead atoms. The van der Waals surface area contributed by atoms with Crippen LogP contribution in [0, 0.1) is 18.8 Å². The van der Waals surface area contributed by atoms with E-state index in [1.54, 1.807) is 20.3 Å². The lowest BCUT2D eigenvalue weighted by Gasteiger charge is -2.34. The summed E-state index contributed by atoms with van der Waals surface area (Å²) < 4.78 is 14.6. The molecule has 2 aromatic heterocycles. The number of benzene rings is 1. The van der Waals surface area contributed by atoms with Gasteiger partial charge in [-0.25, -0.2) is 4.52 Å². The quantitative estimate of drug-likeness (QED) is 0.678. The number of nitrogens with one attached hydrogen (secondary N) is 1. The Kier molecular flexibility index (Phi) is 5.64. The van der Waals surface area contributed by atoms with Crippen molar-refractivity contribution in [1.29, 1.82) is 0 Å². The van der Waals surface area contributed by atoms with E-state index in [1.165, 1.54) is 12.5 Å². The van der Waals surface area contributed by atoms with Gasteiger partial charge in [0.1, 0.15) is 6.54 Å². The number of fused-ring (bicyclic) bond motifs is 3. The van der Waals surface area contributed by atoms with Crippen molar-refractivity contribution in [3.8, 4) is 11.5 Å². The second-order valence-corrected chi connectivity index (χ2v) is 8.59. The molecule has 4 rings (SSSR count). The molecule has 31 heavy (non-hydrogen) atoms. The summed E-state index contributed by atoms with van der Waals surface area (Å²) in [5, 5.41) is 3.97. The third kappa shape index (κ3) is 3.75. The number of aromatic nitrogens is 3. The molecule has 0 radical (unpaired) electrons.